The lowest BCUT2D eigenvalue weighted by Gasteiger charge is -2.30. The molecule has 0 saturated heterocycles. The summed E-state index contributed by atoms with van der Waals surface area (Å²) in [6, 6.07) is 5.43. The maximum Gasteiger partial charge on any atom is 0.248 e. The molecule has 0 radical (unpaired) electrons. The normalized spacial score (nSPS) is 20.9. The maximum atomic E-state index is 13.5. The Kier molecular flexibility index (Phi) is 4.91. The third-order valence-electron chi connectivity index (χ3n) is 5.92. The van der Waals surface area contributed by atoms with E-state index in [-0.39, 0.29) is 29.4 Å². The Morgan fingerprint density at radius 2 is 1.83 bits per heavy atom. The van der Waals surface area contributed by atoms with Gasteiger partial charge in [0.15, 0.2) is 0 Å². The molecule has 4 rings (SSSR count). The van der Waals surface area contributed by atoms with Gasteiger partial charge in [0.1, 0.15) is 5.82 Å². The molecule has 2 aliphatic rings. The monoisotopic (exact) mass is 425 g/mol. The number of nitrogens with zero attached hydrogens (tertiary/aromatic N) is 2. The number of aromatic nitrogens is 2. The van der Waals surface area contributed by atoms with E-state index in [1.165, 1.54) is 0 Å². The van der Waals surface area contributed by atoms with Gasteiger partial charge in [0.05, 0.1) is 22.0 Å². The zero-order chi connectivity index (χ0) is 21.0. The van der Waals surface area contributed by atoms with E-state index in [4.69, 9.17) is 4.98 Å². The molecule has 0 spiro atoms. The number of benzene rings is 1. The molecule has 5 nitrogen and oxygen atoms in total. The van der Waals surface area contributed by atoms with Crippen molar-refractivity contribution >= 4 is 26.7 Å². The second kappa shape index (κ2) is 6.93. The molecule has 2 saturated carbocycles. The summed E-state index contributed by atoms with van der Waals surface area (Å²) in [7, 11) is -3.33. The van der Waals surface area contributed by atoms with Crippen LogP contribution in [0, 0.1) is 5.92 Å². The largest absolute Gasteiger partial charge is 0.327 e. The minimum absolute atomic E-state index is 0.0533. The molecule has 0 unspecified atom stereocenters. The van der Waals surface area contributed by atoms with Crippen molar-refractivity contribution in [1.82, 2.24) is 9.55 Å². The highest BCUT2D eigenvalue weighted by Gasteiger charge is 2.37. The Labute approximate surface area is 170 Å². The Bertz CT molecular complexity index is 1010. The van der Waals surface area contributed by atoms with Crippen LogP contribution >= 0.6 is 0 Å². The third-order valence-corrected chi connectivity index (χ3v) is 7.79. The highest BCUT2D eigenvalue weighted by molar-refractivity contribution is 7.93. The van der Waals surface area contributed by atoms with E-state index in [1.54, 1.807) is 12.1 Å². The van der Waals surface area contributed by atoms with Crippen molar-refractivity contribution in [2.75, 3.05) is 4.72 Å². The van der Waals surface area contributed by atoms with Gasteiger partial charge in [-0.05, 0) is 49.8 Å². The first-order chi connectivity index (χ1) is 13.4. The van der Waals surface area contributed by atoms with Crippen LogP contribution in [0.1, 0.15) is 65.1 Å². The van der Waals surface area contributed by atoms with Crippen molar-refractivity contribution < 1.29 is 17.2 Å². The van der Waals surface area contributed by atoms with Crippen LogP contribution in [0.2, 0.25) is 0 Å². The van der Waals surface area contributed by atoms with Crippen LogP contribution in [-0.2, 0) is 22.0 Å². The standard InChI is InChI=1S/C21H29F2N3O2S/c1-20(2,3)19-24-17-12-15(25-29(27,28)16-5-6-16)4-7-18(17)26(19)13-14-8-10-21(22,23)11-9-14/h4,7,12,14,16,25H,5-6,8-11,13H2,1-3H3. The van der Waals surface area contributed by atoms with Crippen molar-refractivity contribution in [3.8, 4) is 0 Å². The predicted octanol–water partition coefficient (Wildman–Crippen LogP) is 5.06. The zero-order valence-corrected chi connectivity index (χ0v) is 18.0. The molecule has 8 heteroatoms. The van der Waals surface area contributed by atoms with Crippen molar-refractivity contribution in [2.24, 2.45) is 5.92 Å². The number of sulfonamides is 1. The van der Waals surface area contributed by atoms with Gasteiger partial charge in [-0.2, -0.15) is 0 Å². The van der Waals surface area contributed by atoms with Gasteiger partial charge in [0, 0.05) is 24.8 Å². The van der Waals surface area contributed by atoms with Gasteiger partial charge >= 0.3 is 0 Å². The molecule has 1 aromatic heterocycles. The van der Waals surface area contributed by atoms with Crippen LogP contribution in [0.4, 0.5) is 14.5 Å². The molecule has 29 heavy (non-hydrogen) atoms. The summed E-state index contributed by atoms with van der Waals surface area (Å²) in [4.78, 5) is 4.81. The number of halogens is 2. The highest BCUT2D eigenvalue weighted by Crippen LogP contribution is 2.38. The number of hydrogen-bond donors (Lipinski definition) is 1. The van der Waals surface area contributed by atoms with Crippen molar-refractivity contribution in [3.63, 3.8) is 0 Å². The number of alkyl halides is 2. The fraction of sp³-hybridized carbons (Fsp3) is 0.667. The van der Waals surface area contributed by atoms with Gasteiger partial charge in [0.2, 0.25) is 15.9 Å². The fourth-order valence-electron chi connectivity index (χ4n) is 4.12. The van der Waals surface area contributed by atoms with Gasteiger partial charge in [0.25, 0.3) is 0 Å². The summed E-state index contributed by atoms with van der Waals surface area (Å²) in [5.41, 5.74) is 1.95. The van der Waals surface area contributed by atoms with Gasteiger partial charge in [-0.1, -0.05) is 20.8 Å². The lowest BCUT2D eigenvalue weighted by Crippen LogP contribution is -2.28. The molecule has 2 fully saturated rings. The second-order valence-electron chi connectivity index (χ2n) is 9.65. The van der Waals surface area contributed by atoms with E-state index in [0.29, 0.717) is 37.9 Å². The SMILES string of the molecule is CC(C)(C)c1nc2cc(NS(=O)(=O)C3CC3)ccc2n1CC1CCC(F)(F)CC1. The Hall–Kier alpha value is -1.70. The number of rotatable bonds is 5. The average Bonchev–Trinajstić information content (AvgIpc) is 3.40. The summed E-state index contributed by atoms with van der Waals surface area (Å²) in [6.45, 7) is 6.90. The number of anilines is 1. The molecular formula is C21H29F2N3O2S. The van der Waals surface area contributed by atoms with Crippen LogP contribution in [0.25, 0.3) is 11.0 Å². The summed E-state index contributed by atoms with van der Waals surface area (Å²) in [5.74, 6) is -1.44. The maximum absolute atomic E-state index is 13.5. The summed E-state index contributed by atoms with van der Waals surface area (Å²) in [6.07, 6.45) is 2.33. The van der Waals surface area contributed by atoms with Crippen LogP contribution in [0.3, 0.4) is 0 Å². The van der Waals surface area contributed by atoms with E-state index in [1.807, 2.05) is 6.07 Å². The van der Waals surface area contributed by atoms with E-state index < -0.39 is 15.9 Å². The lowest BCUT2D eigenvalue weighted by molar-refractivity contribution is -0.0473. The molecule has 0 amide bonds. The fourth-order valence-corrected chi connectivity index (χ4v) is 5.50. The van der Waals surface area contributed by atoms with E-state index in [9.17, 15) is 17.2 Å². The topological polar surface area (TPSA) is 64.0 Å². The highest BCUT2D eigenvalue weighted by atomic mass is 32.2. The number of imidazole rings is 1. The molecule has 2 aromatic rings. The Morgan fingerprint density at radius 1 is 1.17 bits per heavy atom. The molecule has 2 aliphatic carbocycles. The Balaban J connectivity index is 1.65. The van der Waals surface area contributed by atoms with Crippen LogP contribution in [0.5, 0.6) is 0 Å². The first-order valence-corrected chi connectivity index (χ1v) is 11.9. The number of fused-ring (bicyclic) bond motifs is 1. The van der Waals surface area contributed by atoms with E-state index in [0.717, 1.165) is 16.9 Å². The number of hydrogen-bond acceptors (Lipinski definition) is 3. The Morgan fingerprint density at radius 3 is 2.41 bits per heavy atom. The first kappa shape index (κ1) is 20.6. The van der Waals surface area contributed by atoms with Crippen molar-refractivity contribution in [1.29, 1.82) is 0 Å². The quantitative estimate of drug-likeness (QED) is 0.728. The van der Waals surface area contributed by atoms with Gasteiger partial charge in [-0.3, -0.25) is 4.72 Å². The van der Waals surface area contributed by atoms with Crippen molar-refractivity contribution in [2.45, 2.75) is 82.4 Å². The first-order valence-electron chi connectivity index (χ1n) is 10.3. The van der Waals surface area contributed by atoms with Crippen LogP contribution in [-0.4, -0.2) is 29.1 Å². The second-order valence-corrected chi connectivity index (χ2v) is 11.6. The molecule has 1 N–H and O–H groups in total. The molecule has 1 heterocycles. The van der Waals surface area contributed by atoms with Gasteiger partial charge < -0.3 is 4.57 Å². The minimum Gasteiger partial charge on any atom is -0.327 e. The molecular weight excluding hydrogens is 396 g/mol. The summed E-state index contributed by atoms with van der Waals surface area (Å²) < 4.78 is 56.4. The van der Waals surface area contributed by atoms with Crippen molar-refractivity contribution in [3.05, 3.63) is 24.0 Å². The van der Waals surface area contributed by atoms with Crippen LogP contribution < -0.4 is 4.72 Å². The minimum atomic E-state index is -3.33. The van der Waals surface area contributed by atoms with Crippen LogP contribution in [0.15, 0.2) is 18.2 Å². The van der Waals surface area contributed by atoms with E-state index >= 15 is 0 Å². The third kappa shape index (κ3) is 4.42. The number of nitrogens with one attached hydrogen (secondary N) is 1. The molecule has 0 atom stereocenters. The summed E-state index contributed by atoms with van der Waals surface area (Å²) in [5, 5.41) is -0.287. The lowest BCUT2D eigenvalue weighted by atomic mass is 9.86. The zero-order valence-electron chi connectivity index (χ0n) is 17.2. The molecule has 1 aromatic carbocycles. The van der Waals surface area contributed by atoms with Gasteiger partial charge in [-0.15, -0.1) is 0 Å². The summed E-state index contributed by atoms with van der Waals surface area (Å²) >= 11 is 0. The molecule has 0 bridgehead atoms. The average molecular weight is 426 g/mol. The smallest absolute Gasteiger partial charge is 0.248 e. The molecule has 0 aliphatic heterocycles. The van der Waals surface area contributed by atoms with E-state index in [2.05, 4.69) is 30.1 Å². The van der Waals surface area contributed by atoms with Gasteiger partial charge in [-0.25, -0.2) is 22.2 Å². The molecule has 160 valence electrons. The predicted molar refractivity (Wildman–Crippen MR) is 111 cm³/mol.